The van der Waals surface area contributed by atoms with E-state index in [0.29, 0.717) is 17.5 Å². The van der Waals surface area contributed by atoms with Gasteiger partial charge >= 0.3 is 0 Å². The first-order valence-electron chi connectivity index (χ1n) is 7.92. The second kappa shape index (κ2) is 6.36. The maximum Gasteiger partial charge on any atom is 0.249 e. The van der Waals surface area contributed by atoms with Crippen molar-refractivity contribution in [2.24, 2.45) is 5.92 Å². The Hall–Kier alpha value is -2.44. The van der Waals surface area contributed by atoms with E-state index >= 15 is 0 Å². The Kier molecular flexibility index (Phi) is 4.27. The fourth-order valence-corrected chi connectivity index (χ4v) is 2.81. The molecule has 7 nitrogen and oxygen atoms in total. The van der Waals surface area contributed by atoms with Crippen LogP contribution in [0.2, 0.25) is 0 Å². The van der Waals surface area contributed by atoms with Crippen LogP contribution in [0.25, 0.3) is 11.4 Å². The number of pyridine rings is 1. The van der Waals surface area contributed by atoms with Gasteiger partial charge in [0.1, 0.15) is 11.9 Å². The summed E-state index contributed by atoms with van der Waals surface area (Å²) in [6.07, 6.45) is 4.52. The summed E-state index contributed by atoms with van der Waals surface area (Å²) >= 11 is 0. The standard InChI is InChI=1S/C16H21N5O2/c1-10(2)16(22)21-8-4-3-5-12(21)15-19-14(20-23-15)11-6-7-13(17)18-9-11/h6-7,9-10,12H,3-5,8H2,1-2H3,(H2,17,18). The minimum Gasteiger partial charge on any atom is -0.384 e. The number of rotatable bonds is 3. The highest BCUT2D eigenvalue weighted by molar-refractivity contribution is 5.78. The van der Waals surface area contributed by atoms with E-state index in [9.17, 15) is 4.79 Å². The molecule has 3 heterocycles. The van der Waals surface area contributed by atoms with Gasteiger partial charge in [0.05, 0.1) is 0 Å². The predicted octanol–water partition coefficient (Wildman–Crippen LogP) is 2.42. The average molecular weight is 315 g/mol. The Balaban J connectivity index is 1.85. The quantitative estimate of drug-likeness (QED) is 0.934. The number of nitrogens with zero attached hydrogens (tertiary/aromatic N) is 4. The van der Waals surface area contributed by atoms with Crippen molar-refractivity contribution in [1.29, 1.82) is 0 Å². The van der Waals surface area contributed by atoms with Gasteiger partial charge < -0.3 is 15.2 Å². The Bertz CT molecular complexity index is 680. The van der Waals surface area contributed by atoms with Gasteiger partial charge in [-0.2, -0.15) is 4.98 Å². The molecule has 7 heteroatoms. The highest BCUT2D eigenvalue weighted by Gasteiger charge is 2.33. The van der Waals surface area contributed by atoms with Gasteiger partial charge in [-0.15, -0.1) is 0 Å². The van der Waals surface area contributed by atoms with Crippen LogP contribution in [0.5, 0.6) is 0 Å². The Morgan fingerprint density at radius 3 is 2.91 bits per heavy atom. The molecule has 2 aromatic rings. The lowest BCUT2D eigenvalue weighted by Crippen LogP contribution is -2.40. The minimum absolute atomic E-state index is 0.0423. The molecule has 2 N–H and O–H groups in total. The number of aromatic nitrogens is 3. The van der Waals surface area contributed by atoms with E-state index in [0.717, 1.165) is 31.4 Å². The molecule has 1 fully saturated rings. The van der Waals surface area contributed by atoms with Crippen molar-refractivity contribution >= 4 is 11.7 Å². The summed E-state index contributed by atoms with van der Waals surface area (Å²) in [5.74, 6) is 1.49. The van der Waals surface area contributed by atoms with Gasteiger partial charge in [-0.05, 0) is 31.4 Å². The van der Waals surface area contributed by atoms with Crippen LogP contribution in [0.1, 0.15) is 45.0 Å². The molecule has 0 aromatic carbocycles. The minimum atomic E-state index is -0.137. The largest absolute Gasteiger partial charge is 0.384 e. The second-order valence-electron chi connectivity index (χ2n) is 6.13. The van der Waals surface area contributed by atoms with E-state index in [1.54, 1.807) is 18.3 Å². The van der Waals surface area contributed by atoms with Gasteiger partial charge in [0.25, 0.3) is 0 Å². The normalized spacial score (nSPS) is 18.4. The number of hydrogen-bond acceptors (Lipinski definition) is 6. The maximum absolute atomic E-state index is 12.4. The number of amides is 1. The molecule has 122 valence electrons. The molecule has 23 heavy (non-hydrogen) atoms. The van der Waals surface area contributed by atoms with Crippen molar-refractivity contribution in [3.8, 4) is 11.4 Å². The first-order chi connectivity index (χ1) is 11.1. The lowest BCUT2D eigenvalue weighted by molar-refractivity contribution is -0.139. The number of nitrogens with two attached hydrogens (primary N) is 1. The number of likely N-dealkylation sites (tertiary alicyclic amines) is 1. The number of piperidine rings is 1. The lowest BCUT2D eigenvalue weighted by atomic mass is 10.00. The molecule has 0 radical (unpaired) electrons. The topological polar surface area (TPSA) is 98.1 Å². The smallest absolute Gasteiger partial charge is 0.249 e. The molecule has 0 bridgehead atoms. The van der Waals surface area contributed by atoms with Crippen molar-refractivity contribution in [3.63, 3.8) is 0 Å². The van der Waals surface area contributed by atoms with Crippen LogP contribution in [-0.2, 0) is 4.79 Å². The fraction of sp³-hybridized carbons (Fsp3) is 0.500. The fourth-order valence-electron chi connectivity index (χ4n) is 2.81. The van der Waals surface area contributed by atoms with Gasteiger partial charge in [-0.25, -0.2) is 4.98 Å². The first-order valence-corrected chi connectivity index (χ1v) is 7.92. The Morgan fingerprint density at radius 2 is 2.22 bits per heavy atom. The third-order valence-electron chi connectivity index (χ3n) is 4.05. The van der Waals surface area contributed by atoms with Crippen molar-refractivity contribution in [1.82, 2.24) is 20.0 Å². The van der Waals surface area contributed by atoms with Gasteiger partial charge in [0.2, 0.25) is 17.6 Å². The highest BCUT2D eigenvalue weighted by Crippen LogP contribution is 2.32. The molecule has 0 aliphatic carbocycles. The van der Waals surface area contributed by atoms with E-state index in [-0.39, 0.29) is 17.9 Å². The molecule has 1 atom stereocenters. The van der Waals surface area contributed by atoms with E-state index in [1.807, 2.05) is 18.7 Å². The van der Waals surface area contributed by atoms with E-state index in [2.05, 4.69) is 15.1 Å². The van der Waals surface area contributed by atoms with Crippen molar-refractivity contribution in [2.75, 3.05) is 12.3 Å². The van der Waals surface area contributed by atoms with Gasteiger partial charge in [0, 0.05) is 24.2 Å². The summed E-state index contributed by atoms with van der Waals surface area (Å²) in [5.41, 5.74) is 6.33. The summed E-state index contributed by atoms with van der Waals surface area (Å²) in [7, 11) is 0. The van der Waals surface area contributed by atoms with E-state index < -0.39 is 0 Å². The molecule has 1 amide bonds. The number of carbonyl (C=O) groups is 1. The van der Waals surface area contributed by atoms with Gasteiger partial charge in [-0.1, -0.05) is 19.0 Å². The molecule has 0 saturated carbocycles. The molecule has 1 saturated heterocycles. The molecule has 1 unspecified atom stereocenters. The van der Waals surface area contributed by atoms with Crippen LogP contribution in [0.3, 0.4) is 0 Å². The zero-order chi connectivity index (χ0) is 16.4. The summed E-state index contributed by atoms with van der Waals surface area (Å²) in [5, 5.41) is 4.03. The maximum atomic E-state index is 12.4. The van der Waals surface area contributed by atoms with E-state index in [1.165, 1.54) is 0 Å². The summed E-state index contributed by atoms with van der Waals surface area (Å²) in [6.45, 7) is 4.56. The summed E-state index contributed by atoms with van der Waals surface area (Å²) in [6, 6.07) is 3.36. The SMILES string of the molecule is CC(C)C(=O)N1CCCCC1c1nc(-c2ccc(N)nc2)no1. The number of hydrogen-bond donors (Lipinski definition) is 1. The third-order valence-corrected chi connectivity index (χ3v) is 4.05. The number of carbonyl (C=O) groups excluding carboxylic acids is 1. The molecule has 2 aromatic heterocycles. The molecular weight excluding hydrogens is 294 g/mol. The highest BCUT2D eigenvalue weighted by atomic mass is 16.5. The molecule has 1 aliphatic rings. The first kappa shape index (κ1) is 15.5. The van der Waals surface area contributed by atoms with Crippen LogP contribution in [0, 0.1) is 5.92 Å². The zero-order valence-electron chi connectivity index (χ0n) is 13.4. The monoisotopic (exact) mass is 315 g/mol. The second-order valence-corrected chi connectivity index (χ2v) is 6.13. The molecular formula is C16H21N5O2. The number of nitrogen functional groups attached to an aromatic ring is 1. The van der Waals surface area contributed by atoms with Gasteiger partial charge in [0.15, 0.2) is 0 Å². The molecule has 1 aliphatic heterocycles. The van der Waals surface area contributed by atoms with Crippen LogP contribution in [-0.4, -0.2) is 32.5 Å². The van der Waals surface area contributed by atoms with Crippen molar-refractivity contribution in [2.45, 2.75) is 39.2 Å². The van der Waals surface area contributed by atoms with Crippen LogP contribution < -0.4 is 5.73 Å². The Labute approximate surface area is 134 Å². The summed E-state index contributed by atoms with van der Waals surface area (Å²) < 4.78 is 5.43. The van der Waals surface area contributed by atoms with E-state index in [4.69, 9.17) is 10.3 Å². The van der Waals surface area contributed by atoms with Crippen molar-refractivity contribution < 1.29 is 9.32 Å². The molecule has 3 rings (SSSR count). The van der Waals surface area contributed by atoms with Crippen LogP contribution in [0.4, 0.5) is 5.82 Å². The molecule has 0 spiro atoms. The van der Waals surface area contributed by atoms with Crippen LogP contribution in [0.15, 0.2) is 22.9 Å². The Morgan fingerprint density at radius 1 is 1.39 bits per heavy atom. The van der Waals surface area contributed by atoms with Gasteiger partial charge in [-0.3, -0.25) is 4.79 Å². The van der Waals surface area contributed by atoms with Crippen molar-refractivity contribution in [3.05, 3.63) is 24.2 Å². The summed E-state index contributed by atoms with van der Waals surface area (Å²) in [4.78, 5) is 22.8. The third kappa shape index (κ3) is 3.18. The average Bonchev–Trinajstić information content (AvgIpc) is 3.04. The van der Waals surface area contributed by atoms with Crippen LogP contribution >= 0.6 is 0 Å². The lowest BCUT2D eigenvalue weighted by Gasteiger charge is -2.34. The predicted molar refractivity (Wildman–Crippen MR) is 85.1 cm³/mol. The zero-order valence-corrected chi connectivity index (χ0v) is 13.4. The number of anilines is 1.